The van der Waals surface area contributed by atoms with E-state index in [1.807, 2.05) is 6.20 Å². The van der Waals surface area contributed by atoms with Crippen molar-refractivity contribution in [2.75, 3.05) is 0 Å². The fraction of sp³-hybridized carbons (Fsp3) is 0.324. The minimum Gasteiger partial charge on any atom is -0.507 e. The summed E-state index contributed by atoms with van der Waals surface area (Å²) in [5.41, 5.74) is 18.0. The van der Waals surface area contributed by atoms with Crippen molar-refractivity contribution in [1.29, 1.82) is 0 Å². The first-order valence-corrected chi connectivity index (χ1v) is 25.9. The van der Waals surface area contributed by atoms with Crippen LogP contribution in [0.2, 0.25) is 0 Å². The van der Waals surface area contributed by atoms with Crippen molar-refractivity contribution >= 4 is 21.8 Å². The summed E-state index contributed by atoms with van der Waals surface area (Å²) in [6.45, 7) is 36.6. The summed E-state index contributed by atoms with van der Waals surface area (Å²) in [5, 5.41) is 15.4. The Balaban J connectivity index is 0.00000656. The molecular formula is C68H72N3OPt-. The Kier molecular flexibility index (Phi) is 12.6. The van der Waals surface area contributed by atoms with Gasteiger partial charge in [-0.2, -0.15) is 0 Å². The van der Waals surface area contributed by atoms with Crippen LogP contribution in [0.15, 0.2) is 140 Å². The molecule has 7 aromatic carbocycles. The van der Waals surface area contributed by atoms with Gasteiger partial charge in [-0.25, -0.2) is 4.98 Å². The summed E-state index contributed by atoms with van der Waals surface area (Å²) in [5.74, 6) is 0.943. The largest absolute Gasteiger partial charge is 0.507 e. The maximum absolute atomic E-state index is 12.8. The molecule has 1 aliphatic rings. The molecule has 4 nitrogen and oxygen atoms in total. The number of rotatable bonds is 6. The zero-order valence-corrected chi connectivity index (χ0v) is 48.2. The van der Waals surface area contributed by atoms with Crippen LogP contribution in [-0.2, 0) is 53.6 Å². The molecule has 0 atom stereocenters. The third-order valence-electron chi connectivity index (χ3n) is 16.2. The van der Waals surface area contributed by atoms with Crippen molar-refractivity contribution in [1.82, 2.24) is 14.5 Å². The van der Waals surface area contributed by atoms with Gasteiger partial charge in [-0.3, -0.25) is 9.55 Å². The first kappa shape index (κ1) is 51.8. The molecule has 2 heterocycles. The fourth-order valence-corrected chi connectivity index (χ4v) is 11.0. The molecule has 9 aromatic rings. The predicted octanol–water partition coefficient (Wildman–Crippen LogP) is 18.2. The van der Waals surface area contributed by atoms with Crippen molar-refractivity contribution in [3.63, 3.8) is 0 Å². The number of fused-ring (bicyclic) bond motifs is 1. The van der Waals surface area contributed by atoms with Gasteiger partial charge in [-0.05, 0) is 113 Å². The van der Waals surface area contributed by atoms with Gasteiger partial charge in [0, 0.05) is 44.1 Å². The summed E-state index contributed by atoms with van der Waals surface area (Å²) in [4.78, 5) is 10.8. The Morgan fingerprint density at radius 1 is 0.507 bits per heavy atom. The number of pyridine rings is 1. The van der Waals surface area contributed by atoms with Crippen molar-refractivity contribution < 1.29 is 26.2 Å². The van der Waals surface area contributed by atoms with Crippen LogP contribution in [0.4, 0.5) is 0 Å². The maximum Gasteiger partial charge on any atom is 0.148 e. The Bertz CT molecular complexity index is 3600. The topological polar surface area (TPSA) is 50.9 Å². The number of benzene rings is 7. The third kappa shape index (κ3) is 8.80. The molecule has 73 heavy (non-hydrogen) atoms. The summed E-state index contributed by atoms with van der Waals surface area (Å²) < 4.78 is 2.34. The predicted molar refractivity (Wildman–Crippen MR) is 305 cm³/mol. The van der Waals surface area contributed by atoms with Crippen LogP contribution < -0.4 is 0 Å². The van der Waals surface area contributed by atoms with Gasteiger partial charge in [0.25, 0.3) is 0 Å². The number of aromatic hydroxyl groups is 1. The molecule has 1 aliphatic carbocycles. The number of nitrogens with zero attached hydrogens (tertiary/aromatic N) is 3. The Hall–Kier alpha value is -6.09. The second kappa shape index (κ2) is 17.8. The zero-order chi connectivity index (χ0) is 51.7. The van der Waals surface area contributed by atoms with E-state index in [0.717, 1.165) is 66.9 Å². The van der Waals surface area contributed by atoms with Crippen LogP contribution >= 0.6 is 0 Å². The molecule has 1 N–H and O–H groups in total. The van der Waals surface area contributed by atoms with Crippen LogP contribution in [0.5, 0.6) is 5.75 Å². The van der Waals surface area contributed by atoms with Crippen molar-refractivity contribution in [3.05, 3.63) is 179 Å². The summed E-state index contributed by atoms with van der Waals surface area (Å²) in [6, 6.07) is 52.8. The number of aromatic nitrogens is 3. The average Bonchev–Trinajstić information content (AvgIpc) is 3.78. The van der Waals surface area contributed by atoms with Gasteiger partial charge in [-0.1, -0.05) is 213 Å². The molecule has 376 valence electrons. The van der Waals surface area contributed by atoms with Gasteiger partial charge in [0.05, 0.1) is 22.3 Å². The molecule has 0 radical (unpaired) electrons. The summed E-state index contributed by atoms with van der Waals surface area (Å²) in [7, 11) is 0. The first-order valence-electron chi connectivity index (χ1n) is 25.9. The van der Waals surface area contributed by atoms with E-state index in [2.05, 4.69) is 255 Å². The molecule has 0 unspecified atom stereocenters. The first-order chi connectivity index (χ1) is 33.7. The number of hydrogen-bond acceptors (Lipinski definition) is 3. The van der Waals surface area contributed by atoms with E-state index >= 15 is 0 Å². The molecule has 0 aliphatic heterocycles. The van der Waals surface area contributed by atoms with E-state index in [-0.39, 0.29) is 59.3 Å². The van der Waals surface area contributed by atoms with E-state index < -0.39 is 0 Å². The third-order valence-corrected chi connectivity index (χ3v) is 16.2. The molecule has 2 aromatic heterocycles. The number of para-hydroxylation sites is 1. The molecule has 5 heteroatoms. The van der Waals surface area contributed by atoms with Crippen molar-refractivity contribution in [2.24, 2.45) is 0 Å². The molecular weight excluding hydrogens is 1070 g/mol. The molecule has 10 rings (SSSR count). The maximum atomic E-state index is 12.8. The van der Waals surface area contributed by atoms with Gasteiger partial charge >= 0.3 is 0 Å². The Morgan fingerprint density at radius 3 is 1.78 bits per heavy atom. The van der Waals surface area contributed by atoms with E-state index in [1.54, 1.807) is 0 Å². The van der Waals surface area contributed by atoms with Crippen LogP contribution in [-0.4, -0.2) is 19.6 Å². The standard InChI is InChI=1S/C68H72N3O.Pt/c1-63(2,3)45-28-31-57(51(38-45)49-29-30-54-59-50(49)25-20-26-53(59)67(13,14)68(54,15)16)71-58-27-21-24-48(60(58)70-62(71)52-39-47(65(7,8)9)40-55(61(52)72)66(10,11)12)43-34-44(36-46(35-43)64(4,5)6)56-37-42(32-33-69-56)41-22-18-17-19-23-41;/h17-33,35-40,72H,1-16H3;/q-1;. The van der Waals surface area contributed by atoms with E-state index in [1.165, 1.54) is 38.6 Å². The van der Waals surface area contributed by atoms with Crippen molar-refractivity contribution in [2.45, 2.75) is 143 Å². The Morgan fingerprint density at radius 2 is 1.12 bits per heavy atom. The minimum atomic E-state index is -0.349. The summed E-state index contributed by atoms with van der Waals surface area (Å²) >= 11 is 0. The smallest absolute Gasteiger partial charge is 0.148 e. The van der Waals surface area contributed by atoms with Gasteiger partial charge in [0.1, 0.15) is 11.6 Å². The van der Waals surface area contributed by atoms with E-state index in [4.69, 9.17) is 9.97 Å². The van der Waals surface area contributed by atoms with Crippen LogP contribution in [0, 0.1) is 6.07 Å². The Labute approximate surface area is 449 Å². The van der Waals surface area contributed by atoms with Crippen LogP contribution in [0.1, 0.15) is 144 Å². The normalized spacial score (nSPS) is 14.5. The monoisotopic (exact) mass is 1140 g/mol. The van der Waals surface area contributed by atoms with Gasteiger partial charge in [0.15, 0.2) is 0 Å². The molecule has 0 saturated heterocycles. The summed E-state index contributed by atoms with van der Waals surface area (Å²) in [6.07, 6.45) is 1.90. The number of hydrogen-bond donors (Lipinski definition) is 1. The van der Waals surface area contributed by atoms with Gasteiger partial charge in [0.2, 0.25) is 0 Å². The quantitative estimate of drug-likeness (QED) is 0.169. The SMILES string of the molecule is CC(C)(C)c1cc(-c2cc(-c3ccccc3)ccn2)[c-]c(-c2cccc3c2nc(-c2cc(C(C)(C)C)cc(C(C)(C)C)c2O)n3-c2ccc(C(C)(C)C)cc2-c2ccc3c4c(cccc24)C(C)(C)C3(C)C)c1.[Pt]. The second-order valence-electron chi connectivity index (χ2n) is 25.7. The van der Waals surface area contributed by atoms with Crippen LogP contribution in [0.25, 0.3) is 83.5 Å². The minimum absolute atomic E-state index is 0. The number of phenols is 1. The molecule has 0 fully saturated rings. The molecule has 0 spiro atoms. The number of phenolic OH excluding ortho intramolecular Hbond substituents is 1. The van der Waals surface area contributed by atoms with E-state index in [9.17, 15) is 5.11 Å². The van der Waals surface area contributed by atoms with Gasteiger partial charge in [-0.15, -0.1) is 29.3 Å². The van der Waals surface area contributed by atoms with Crippen molar-refractivity contribution in [3.8, 4) is 67.5 Å². The molecule has 0 amide bonds. The van der Waals surface area contributed by atoms with E-state index in [0.29, 0.717) is 11.4 Å². The van der Waals surface area contributed by atoms with Crippen LogP contribution in [0.3, 0.4) is 0 Å². The molecule has 0 bridgehead atoms. The van der Waals surface area contributed by atoms with Gasteiger partial charge < -0.3 is 5.11 Å². The fourth-order valence-electron chi connectivity index (χ4n) is 11.0. The average molecular weight is 1140 g/mol. The number of imidazole rings is 1. The second-order valence-corrected chi connectivity index (χ2v) is 25.7. The zero-order valence-electron chi connectivity index (χ0n) is 45.9. The molecule has 0 saturated carbocycles.